The average Bonchev–Trinajstić information content (AvgIpc) is 1.80. The molecular weight excluding hydrogens is 123 g/mol. The van der Waals surface area contributed by atoms with Gasteiger partial charge in [0.2, 0.25) is 0 Å². The van der Waals surface area contributed by atoms with Crippen molar-refractivity contribution in [1.29, 1.82) is 0 Å². The minimum absolute atomic E-state index is 0.0467. The van der Waals surface area contributed by atoms with Gasteiger partial charge in [-0.05, 0) is 0 Å². The van der Waals surface area contributed by atoms with Crippen molar-refractivity contribution >= 4 is 5.69 Å². The molecule has 0 radical (unpaired) electrons. The van der Waals surface area contributed by atoms with Crippen LogP contribution < -0.4 is 11.3 Å². The van der Waals surface area contributed by atoms with E-state index in [4.69, 9.17) is 5.73 Å². The van der Waals surface area contributed by atoms with E-state index < -0.39 is 11.4 Å². The fraction of sp³-hybridized carbons (Fsp3) is 0. The van der Waals surface area contributed by atoms with E-state index >= 15 is 0 Å². The molecule has 48 valence electrons. The number of nitrogens with two attached hydrogens (primary N) is 1. The number of hydrogen-bond acceptors (Lipinski definition) is 2. The average molecular weight is 128 g/mol. The summed E-state index contributed by atoms with van der Waals surface area (Å²) >= 11 is 0. The molecule has 0 spiro atoms. The minimum Gasteiger partial charge on any atom is -0.395 e. The zero-order chi connectivity index (χ0) is 6.85. The Bertz CT molecular complexity index is 268. The van der Waals surface area contributed by atoms with Crippen LogP contribution in [0.5, 0.6) is 0 Å². The molecule has 1 aromatic rings. The molecule has 0 bridgehead atoms. The first kappa shape index (κ1) is 5.81. The molecular formula is C5H5FN2O. The number of anilines is 1. The van der Waals surface area contributed by atoms with Crippen LogP contribution in [0.3, 0.4) is 0 Å². The fourth-order valence-corrected chi connectivity index (χ4v) is 0.458. The van der Waals surface area contributed by atoms with Crippen molar-refractivity contribution in [3.05, 3.63) is 28.4 Å². The molecule has 0 atom stereocenters. The number of aromatic nitrogens is 1. The van der Waals surface area contributed by atoms with Gasteiger partial charge in [0, 0.05) is 12.3 Å². The molecule has 0 aliphatic heterocycles. The molecule has 3 nitrogen and oxygen atoms in total. The second-order valence-corrected chi connectivity index (χ2v) is 1.60. The lowest BCUT2D eigenvalue weighted by atomic mass is 10.4. The summed E-state index contributed by atoms with van der Waals surface area (Å²) in [7, 11) is 0. The van der Waals surface area contributed by atoms with Crippen LogP contribution >= 0.6 is 0 Å². The van der Waals surface area contributed by atoms with Crippen molar-refractivity contribution in [1.82, 2.24) is 4.98 Å². The highest BCUT2D eigenvalue weighted by Crippen LogP contribution is 2.00. The lowest BCUT2D eigenvalue weighted by molar-refractivity contribution is 0.628. The van der Waals surface area contributed by atoms with Crippen molar-refractivity contribution in [2.45, 2.75) is 0 Å². The molecule has 1 heterocycles. The molecule has 1 aromatic heterocycles. The van der Waals surface area contributed by atoms with E-state index in [1.54, 1.807) is 0 Å². The maximum atomic E-state index is 12.2. The molecule has 0 fully saturated rings. The van der Waals surface area contributed by atoms with Gasteiger partial charge in [0.05, 0.1) is 5.69 Å². The molecule has 0 unspecified atom stereocenters. The third kappa shape index (κ3) is 1.07. The van der Waals surface area contributed by atoms with Gasteiger partial charge < -0.3 is 10.7 Å². The van der Waals surface area contributed by atoms with E-state index in [2.05, 4.69) is 4.98 Å². The Morgan fingerprint density at radius 1 is 1.67 bits per heavy atom. The van der Waals surface area contributed by atoms with Crippen molar-refractivity contribution in [2.24, 2.45) is 0 Å². The van der Waals surface area contributed by atoms with E-state index in [1.807, 2.05) is 0 Å². The van der Waals surface area contributed by atoms with Crippen molar-refractivity contribution in [3.63, 3.8) is 0 Å². The van der Waals surface area contributed by atoms with Crippen molar-refractivity contribution < 1.29 is 4.39 Å². The molecule has 9 heavy (non-hydrogen) atoms. The summed E-state index contributed by atoms with van der Waals surface area (Å²) in [5.74, 6) is -0.682. The summed E-state index contributed by atoms with van der Waals surface area (Å²) in [6.07, 6.45) is 1.12. The van der Waals surface area contributed by atoms with E-state index in [0.717, 1.165) is 12.3 Å². The number of nitrogens with one attached hydrogen (secondary N) is 1. The highest BCUT2D eigenvalue weighted by Gasteiger charge is 1.94. The quantitative estimate of drug-likeness (QED) is 0.520. The Morgan fingerprint density at radius 3 is 2.78 bits per heavy atom. The van der Waals surface area contributed by atoms with Crippen LogP contribution in [-0.2, 0) is 0 Å². The fourth-order valence-electron chi connectivity index (χ4n) is 0.458. The van der Waals surface area contributed by atoms with Gasteiger partial charge in [-0.2, -0.15) is 0 Å². The Balaban J connectivity index is 3.34. The van der Waals surface area contributed by atoms with Gasteiger partial charge in [-0.1, -0.05) is 0 Å². The third-order valence-electron chi connectivity index (χ3n) is 0.904. The highest BCUT2D eigenvalue weighted by atomic mass is 19.1. The normalized spacial score (nSPS) is 9.44. The maximum Gasteiger partial charge on any atom is 0.250 e. The summed E-state index contributed by atoms with van der Waals surface area (Å²) in [6, 6.07) is 0.801. The predicted octanol–water partition coefficient (Wildman–Crippen LogP) is 0.0962. The Morgan fingerprint density at radius 2 is 2.33 bits per heavy atom. The molecule has 0 aromatic carbocycles. The smallest absolute Gasteiger partial charge is 0.250 e. The summed E-state index contributed by atoms with van der Waals surface area (Å²) in [6.45, 7) is 0. The first-order valence-electron chi connectivity index (χ1n) is 2.34. The summed E-state index contributed by atoms with van der Waals surface area (Å²) in [5, 5.41) is 0. The van der Waals surface area contributed by atoms with Gasteiger partial charge >= 0.3 is 0 Å². The predicted molar refractivity (Wildman–Crippen MR) is 31.4 cm³/mol. The van der Waals surface area contributed by atoms with Crippen LogP contribution in [0, 0.1) is 5.82 Å². The van der Waals surface area contributed by atoms with Crippen LogP contribution in [0.2, 0.25) is 0 Å². The van der Waals surface area contributed by atoms with Gasteiger partial charge in [0.1, 0.15) is 0 Å². The van der Waals surface area contributed by atoms with Gasteiger partial charge in [0.15, 0.2) is 5.82 Å². The molecule has 0 amide bonds. The van der Waals surface area contributed by atoms with E-state index in [0.29, 0.717) is 0 Å². The van der Waals surface area contributed by atoms with Gasteiger partial charge in [-0.3, -0.25) is 4.79 Å². The SMILES string of the molecule is Nc1c[nH]c(=O)cc1F. The maximum absolute atomic E-state index is 12.2. The zero-order valence-corrected chi connectivity index (χ0v) is 4.52. The highest BCUT2D eigenvalue weighted by molar-refractivity contribution is 5.34. The number of H-pyrrole nitrogens is 1. The second-order valence-electron chi connectivity index (χ2n) is 1.60. The molecule has 0 saturated heterocycles. The first-order chi connectivity index (χ1) is 4.20. The van der Waals surface area contributed by atoms with Crippen LogP contribution in [0.25, 0.3) is 0 Å². The van der Waals surface area contributed by atoms with E-state index in [-0.39, 0.29) is 5.69 Å². The second kappa shape index (κ2) is 1.89. The third-order valence-corrected chi connectivity index (χ3v) is 0.904. The standard InChI is InChI=1S/C5H5FN2O/c6-3-1-5(9)8-2-4(3)7/h1-2H,7H2,(H,8,9). The topological polar surface area (TPSA) is 58.9 Å². The molecule has 4 heteroatoms. The lowest BCUT2D eigenvalue weighted by Gasteiger charge is -1.90. The minimum atomic E-state index is -0.682. The van der Waals surface area contributed by atoms with Crippen LogP contribution in [0.4, 0.5) is 10.1 Å². The summed E-state index contributed by atoms with van der Waals surface area (Å²) in [4.78, 5) is 12.5. The van der Waals surface area contributed by atoms with Crippen LogP contribution in [0.1, 0.15) is 0 Å². The Hall–Kier alpha value is -1.32. The van der Waals surface area contributed by atoms with E-state index in [1.165, 1.54) is 0 Å². The monoisotopic (exact) mass is 128 g/mol. The summed E-state index contributed by atoms with van der Waals surface area (Å²) in [5.41, 5.74) is 4.51. The van der Waals surface area contributed by atoms with Crippen LogP contribution in [0.15, 0.2) is 17.1 Å². The number of aromatic amines is 1. The van der Waals surface area contributed by atoms with Gasteiger partial charge in [-0.25, -0.2) is 4.39 Å². The van der Waals surface area contributed by atoms with Gasteiger partial charge in [0.25, 0.3) is 5.56 Å². The number of rotatable bonds is 0. The number of hydrogen-bond donors (Lipinski definition) is 2. The number of halogens is 1. The first-order valence-corrected chi connectivity index (χ1v) is 2.34. The molecule has 3 N–H and O–H groups in total. The lowest BCUT2D eigenvalue weighted by Crippen LogP contribution is -2.06. The van der Waals surface area contributed by atoms with Crippen molar-refractivity contribution in [3.8, 4) is 0 Å². The Kier molecular flexibility index (Phi) is 1.22. The number of pyridine rings is 1. The van der Waals surface area contributed by atoms with Gasteiger partial charge in [-0.15, -0.1) is 0 Å². The molecule has 1 rings (SSSR count). The molecule has 0 aliphatic rings. The van der Waals surface area contributed by atoms with E-state index in [9.17, 15) is 9.18 Å². The molecule has 0 aliphatic carbocycles. The summed E-state index contributed by atoms with van der Waals surface area (Å²) < 4.78 is 12.2. The number of nitrogen functional groups attached to an aromatic ring is 1. The van der Waals surface area contributed by atoms with Crippen molar-refractivity contribution in [2.75, 3.05) is 5.73 Å². The largest absolute Gasteiger partial charge is 0.395 e. The molecule has 0 saturated carbocycles. The Labute approximate surface area is 50.3 Å². The zero-order valence-electron chi connectivity index (χ0n) is 4.52. The van der Waals surface area contributed by atoms with Crippen LogP contribution in [-0.4, -0.2) is 4.98 Å².